The molecule has 2 rings (SSSR count). The van der Waals surface area contributed by atoms with Crippen LogP contribution in [0.2, 0.25) is 0 Å². The van der Waals surface area contributed by atoms with E-state index in [2.05, 4.69) is 0 Å². The maximum atomic E-state index is 12.3. The van der Waals surface area contributed by atoms with E-state index in [9.17, 15) is 9.59 Å². The summed E-state index contributed by atoms with van der Waals surface area (Å²) >= 11 is 0. The second-order valence-electron chi connectivity index (χ2n) is 5.47. The second kappa shape index (κ2) is 8.13. The molecule has 0 aliphatic carbocycles. The molecule has 0 radical (unpaired) electrons. The Morgan fingerprint density at radius 1 is 0.957 bits per heavy atom. The molecule has 0 N–H and O–H groups in total. The van der Waals surface area contributed by atoms with Crippen LogP contribution in [0.1, 0.15) is 18.1 Å². The smallest absolute Gasteiger partial charge is 0.311 e. The van der Waals surface area contributed by atoms with Crippen molar-refractivity contribution in [2.24, 2.45) is 0 Å². The lowest BCUT2D eigenvalue weighted by atomic mass is 10.1. The Balaban J connectivity index is 1.85. The number of carbonyl (C=O) groups is 2. The Kier molecular flexibility index (Phi) is 5.92. The van der Waals surface area contributed by atoms with Gasteiger partial charge < -0.3 is 9.64 Å². The van der Waals surface area contributed by atoms with Crippen molar-refractivity contribution < 1.29 is 14.3 Å². The average molecular weight is 311 g/mol. The standard InChI is InChI=1S/C19H21NO3/c1-15(23-18(21)13-16-9-5-3-6-10-16)19(22)20(2)14-17-11-7-4-8-12-17/h3-12,15H,13-14H2,1-2H3. The van der Waals surface area contributed by atoms with Crippen LogP contribution in [-0.4, -0.2) is 29.9 Å². The SMILES string of the molecule is CC(OC(=O)Cc1ccccc1)C(=O)N(C)Cc1ccccc1. The number of esters is 1. The van der Waals surface area contributed by atoms with Gasteiger partial charge in [-0.15, -0.1) is 0 Å². The summed E-state index contributed by atoms with van der Waals surface area (Å²) < 4.78 is 5.24. The van der Waals surface area contributed by atoms with Crippen molar-refractivity contribution in [2.75, 3.05) is 7.05 Å². The second-order valence-corrected chi connectivity index (χ2v) is 5.47. The number of hydrogen-bond donors (Lipinski definition) is 0. The van der Waals surface area contributed by atoms with Crippen molar-refractivity contribution in [3.63, 3.8) is 0 Å². The van der Waals surface area contributed by atoms with Crippen molar-refractivity contribution in [3.8, 4) is 0 Å². The van der Waals surface area contributed by atoms with Gasteiger partial charge in [-0.3, -0.25) is 9.59 Å². The van der Waals surface area contributed by atoms with Crippen LogP contribution in [0.5, 0.6) is 0 Å². The van der Waals surface area contributed by atoms with Gasteiger partial charge in [-0.1, -0.05) is 60.7 Å². The molecule has 0 saturated carbocycles. The third-order valence-electron chi connectivity index (χ3n) is 3.49. The van der Waals surface area contributed by atoms with Gasteiger partial charge in [0.15, 0.2) is 6.10 Å². The van der Waals surface area contributed by atoms with Crippen molar-refractivity contribution in [3.05, 3.63) is 71.8 Å². The van der Waals surface area contributed by atoms with E-state index in [0.717, 1.165) is 11.1 Å². The predicted octanol–water partition coefficient (Wildman–Crippen LogP) is 2.82. The first-order valence-corrected chi connectivity index (χ1v) is 7.58. The minimum atomic E-state index is -0.792. The maximum Gasteiger partial charge on any atom is 0.311 e. The third kappa shape index (κ3) is 5.25. The highest BCUT2D eigenvalue weighted by molar-refractivity contribution is 5.83. The fourth-order valence-electron chi connectivity index (χ4n) is 2.30. The summed E-state index contributed by atoms with van der Waals surface area (Å²) in [5.74, 6) is -0.611. The van der Waals surface area contributed by atoms with Crippen molar-refractivity contribution in [1.82, 2.24) is 4.90 Å². The average Bonchev–Trinajstić information content (AvgIpc) is 2.55. The van der Waals surface area contributed by atoms with Crippen LogP contribution in [0.3, 0.4) is 0 Å². The summed E-state index contributed by atoms with van der Waals surface area (Å²) in [5, 5.41) is 0. The Morgan fingerprint density at radius 3 is 2.04 bits per heavy atom. The molecule has 4 heteroatoms. The number of nitrogens with zero attached hydrogens (tertiary/aromatic N) is 1. The highest BCUT2D eigenvalue weighted by atomic mass is 16.5. The van der Waals surface area contributed by atoms with Gasteiger partial charge in [0.1, 0.15) is 0 Å². The lowest BCUT2D eigenvalue weighted by molar-refractivity contribution is -0.158. The summed E-state index contributed by atoms with van der Waals surface area (Å²) in [6, 6.07) is 19.0. The third-order valence-corrected chi connectivity index (χ3v) is 3.49. The highest BCUT2D eigenvalue weighted by Crippen LogP contribution is 2.07. The molecule has 23 heavy (non-hydrogen) atoms. The van der Waals surface area contributed by atoms with Gasteiger partial charge in [-0.05, 0) is 18.1 Å². The van der Waals surface area contributed by atoms with Gasteiger partial charge in [0, 0.05) is 13.6 Å². The van der Waals surface area contributed by atoms with Gasteiger partial charge in [-0.2, -0.15) is 0 Å². The van der Waals surface area contributed by atoms with E-state index in [-0.39, 0.29) is 12.3 Å². The quantitative estimate of drug-likeness (QED) is 0.771. The van der Waals surface area contributed by atoms with Gasteiger partial charge >= 0.3 is 5.97 Å². The van der Waals surface area contributed by atoms with Gasteiger partial charge in [0.2, 0.25) is 0 Å². The molecule has 120 valence electrons. The molecule has 0 saturated heterocycles. The molecule has 2 aromatic carbocycles. The van der Waals surface area contributed by atoms with Crippen LogP contribution in [-0.2, 0) is 27.3 Å². The Morgan fingerprint density at radius 2 is 1.48 bits per heavy atom. The molecule has 0 bridgehead atoms. The minimum absolute atomic E-state index is 0.168. The highest BCUT2D eigenvalue weighted by Gasteiger charge is 2.21. The Labute approximate surface area is 136 Å². The van der Waals surface area contributed by atoms with Crippen molar-refractivity contribution >= 4 is 11.9 Å². The molecular formula is C19H21NO3. The summed E-state index contributed by atoms with van der Waals surface area (Å²) in [6.45, 7) is 2.09. The van der Waals surface area contributed by atoms with E-state index in [1.807, 2.05) is 60.7 Å². The largest absolute Gasteiger partial charge is 0.452 e. The monoisotopic (exact) mass is 311 g/mol. The fourth-order valence-corrected chi connectivity index (χ4v) is 2.30. The molecule has 0 spiro atoms. The van der Waals surface area contributed by atoms with Gasteiger partial charge in [0.25, 0.3) is 5.91 Å². The molecular weight excluding hydrogens is 290 g/mol. The molecule has 1 atom stereocenters. The topological polar surface area (TPSA) is 46.6 Å². The normalized spacial score (nSPS) is 11.6. The molecule has 0 aliphatic rings. The lowest BCUT2D eigenvalue weighted by Crippen LogP contribution is -2.37. The number of carbonyl (C=O) groups excluding carboxylic acids is 2. The fraction of sp³-hybridized carbons (Fsp3) is 0.263. The Bertz CT molecular complexity index is 640. The van der Waals surface area contributed by atoms with Crippen LogP contribution in [0.4, 0.5) is 0 Å². The summed E-state index contributed by atoms with van der Waals surface area (Å²) in [6.07, 6.45) is -0.624. The van der Waals surface area contributed by atoms with E-state index in [4.69, 9.17) is 4.74 Å². The van der Waals surface area contributed by atoms with E-state index in [1.165, 1.54) is 0 Å². The molecule has 0 fully saturated rings. The first-order chi connectivity index (χ1) is 11.1. The van der Waals surface area contributed by atoms with Gasteiger partial charge in [-0.25, -0.2) is 0 Å². The Hall–Kier alpha value is -2.62. The van der Waals surface area contributed by atoms with Gasteiger partial charge in [0.05, 0.1) is 6.42 Å². The molecule has 0 heterocycles. The summed E-state index contributed by atoms with van der Waals surface area (Å²) in [5.41, 5.74) is 1.90. The number of hydrogen-bond acceptors (Lipinski definition) is 3. The van der Waals surface area contributed by atoms with E-state index in [0.29, 0.717) is 6.54 Å². The number of rotatable bonds is 6. The minimum Gasteiger partial charge on any atom is -0.452 e. The maximum absolute atomic E-state index is 12.3. The first-order valence-electron chi connectivity index (χ1n) is 7.58. The van der Waals surface area contributed by atoms with Crippen molar-refractivity contribution in [1.29, 1.82) is 0 Å². The first kappa shape index (κ1) is 16.7. The van der Waals surface area contributed by atoms with E-state index in [1.54, 1.807) is 18.9 Å². The van der Waals surface area contributed by atoms with Crippen molar-refractivity contribution in [2.45, 2.75) is 26.0 Å². The molecule has 0 aliphatic heterocycles. The molecule has 4 nitrogen and oxygen atoms in total. The molecule has 1 unspecified atom stereocenters. The zero-order valence-electron chi connectivity index (χ0n) is 13.4. The lowest BCUT2D eigenvalue weighted by Gasteiger charge is -2.21. The van der Waals surface area contributed by atoms with E-state index < -0.39 is 12.1 Å². The van der Waals surface area contributed by atoms with Crippen LogP contribution in [0.15, 0.2) is 60.7 Å². The summed E-state index contributed by atoms with van der Waals surface area (Å²) in [4.78, 5) is 25.8. The van der Waals surface area contributed by atoms with Crippen LogP contribution >= 0.6 is 0 Å². The van der Waals surface area contributed by atoms with E-state index >= 15 is 0 Å². The zero-order valence-corrected chi connectivity index (χ0v) is 13.4. The van der Waals surface area contributed by atoms with Crippen LogP contribution in [0, 0.1) is 0 Å². The zero-order chi connectivity index (χ0) is 16.7. The number of benzene rings is 2. The number of ether oxygens (including phenoxy) is 1. The molecule has 0 aromatic heterocycles. The molecule has 1 amide bonds. The summed E-state index contributed by atoms with van der Waals surface area (Å²) in [7, 11) is 1.71. The number of likely N-dealkylation sites (N-methyl/N-ethyl adjacent to an activating group) is 1. The number of amides is 1. The predicted molar refractivity (Wildman–Crippen MR) is 88.6 cm³/mol. The molecule has 2 aromatic rings. The van der Waals surface area contributed by atoms with Crippen LogP contribution in [0.25, 0.3) is 0 Å². The van der Waals surface area contributed by atoms with Crippen LogP contribution < -0.4 is 0 Å².